The van der Waals surface area contributed by atoms with E-state index in [1.807, 2.05) is 13.8 Å². The fourth-order valence-corrected chi connectivity index (χ4v) is 4.97. The fourth-order valence-electron chi connectivity index (χ4n) is 4.97. The third kappa shape index (κ3) is 1.87. The molecule has 0 radical (unpaired) electrons. The van der Waals surface area contributed by atoms with Crippen molar-refractivity contribution < 1.29 is 9.59 Å². The summed E-state index contributed by atoms with van der Waals surface area (Å²) >= 11 is 0. The minimum absolute atomic E-state index is 0.0206. The molecule has 4 heteroatoms. The van der Waals surface area contributed by atoms with Gasteiger partial charge in [-0.15, -0.1) is 0 Å². The number of nitrogens with two attached hydrogens (primary N) is 1. The molecule has 19 heavy (non-hydrogen) atoms. The third-order valence-corrected chi connectivity index (χ3v) is 5.62. The molecule has 0 aromatic carbocycles. The molecule has 3 unspecified atom stereocenters. The first-order valence-corrected chi connectivity index (χ1v) is 7.52. The Morgan fingerprint density at radius 2 is 1.74 bits per heavy atom. The van der Waals surface area contributed by atoms with Crippen molar-refractivity contribution in [2.45, 2.75) is 52.0 Å². The van der Waals surface area contributed by atoms with Gasteiger partial charge in [-0.05, 0) is 49.9 Å². The van der Waals surface area contributed by atoms with Gasteiger partial charge in [-0.25, -0.2) is 0 Å². The molecule has 0 spiro atoms. The Kier molecular flexibility index (Phi) is 2.88. The Balaban J connectivity index is 1.89. The molecule has 2 amide bonds. The van der Waals surface area contributed by atoms with E-state index in [9.17, 15) is 9.59 Å². The van der Waals surface area contributed by atoms with Crippen LogP contribution >= 0.6 is 0 Å². The zero-order valence-electron chi connectivity index (χ0n) is 11.8. The van der Waals surface area contributed by atoms with Crippen LogP contribution in [0, 0.1) is 29.1 Å². The van der Waals surface area contributed by atoms with Crippen LogP contribution in [0.4, 0.5) is 0 Å². The van der Waals surface area contributed by atoms with Gasteiger partial charge >= 0.3 is 0 Å². The molecule has 4 aliphatic carbocycles. The predicted molar refractivity (Wildman–Crippen MR) is 72.0 cm³/mol. The van der Waals surface area contributed by atoms with E-state index < -0.39 is 5.41 Å². The average Bonchev–Trinajstić information content (AvgIpc) is 2.32. The SMILES string of the molecule is CC(C)C(=O)NC1C2CC3CC(C2)CC1(C(N)=O)C3. The monoisotopic (exact) mass is 264 g/mol. The summed E-state index contributed by atoms with van der Waals surface area (Å²) in [4.78, 5) is 24.1. The van der Waals surface area contributed by atoms with Crippen molar-refractivity contribution in [2.75, 3.05) is 0 Å². The molecule has 0 aromatic heterocycles. The highest BCUT2D eigenvalue weighted by Crippen LogP contribution is 2.59. The van der Waals surface area contributed by atoms with Crippen LogP contribution in [0.1, 0.15) is 46.0 Å². The molecule has 3 N–H and O–H groups in total. The fraction of sp³-hybridized carbons (Fsp3) is 0.867. The topological polar surface area (TPSA) is 72.2 Å². The van der Waals surface area contributed by atoms with Crippen LogP contribution in [0.2, 0.25) is 0 Å². The van der Waals surface area contributed by atoms with Gasteiger partial charge in [0.25, 0.3) is 0 Å². The van der Waals surface area contributed by atoms with Crippen molar-refractivity contribution in [3.05, 3.63) is 0 Å². The normalized spacial score (nSPS) is 43.5. The molecular weight excluding hydrogens is 240 g/mol. The molecule has 0 aliphatic heterocycles. The first-order chi connectivity index (χ1) is 8.92. The summed E-state index contributed by atoms with van der Waals surface area (Å²) in [5.74, 6) is 1.58. The van der Waals surface area contributed by atoms with Crippen LogP contribution in [0.3, 0.4) is 0 Å². The standard InChI is InChI=1S/C15H24N2O2/c1-8(2)13(18)17-12-11-4-9-3-10(5-11)7-15(12,6-9)14(16)19/h8-12H,3-7H2,1-2H3,(H2,16,19)(H,17,18). The predicted octanol–water partition coefficient (Wildman–Crippen LogP) is 1.44. The van der Waals surface area contributed by atoms with Gasteiger partial charge in [0.05, 0.1) is 5.41 Å². The second-order valence-electron chi connectivity index (χ2n) is 7.27. The number of amides is 2. The van der Waals surface area contributed by atoms with Crippen molar-refractivity contribution in [1.82, 2.24) is 5.32 Å². The summed E-state index contributed by atoms with van der Waals surface area (Å²) in [5.41, 5.74) is 5.28. The molecule has 0 saturated heterocycles. The van der Waals surface area contributed by atoms with Crippen LogP contribution in [-0.4, -0.2) is 17.9 Å². The van der Waals surface area contributed by atoms with Crippen molar-refractivity contribution in [2.24, 2.45) is 34.8 Å². The lowest BCUT2D eigenvalue weighted by Crippen LogP contribution is -2.66. The quantitative estimate of drug-likeness (QED) is 0.809. The molecule has 4 fully saturated rings. The number of hydrogen-bond acceptors (Lipinski definition) is 2. The number of carbonyl (C=O) groups is 2. The van der Waals surface area contributed by atoms with Crippen molar-refractivity contribution >= 4 is 11.8 Å². The third-order valence-electron chi connectivity index (χ3n) is 5.62. The van der Waals surface area contributed by atoms with E-state index in [1.54, 1.807) is 0 Å². The second-order valence-corrected chi connectivity index (χ2v) is 7.27. The molecule has 4 bridgehead atoms. The van der Waals surface area contributed by atoms with E-state index in [-0.39, 0.29) is 23.8 Å². The average molecular weight is 264 g/mol. The van der Waals surface area contributed by atoms with Crippen LogP contribution in [-0.2, 0) is 9.59 Å². The summed E-state index contributed by atoms with van der Waals surface area (Å²) in [7, 11) is 0. The maximum atomic E-state index is 12.1. The minimum atomic E-state index is -0.459. The maximum absolute atomic E-state index is 12.1. The molecule has 4 saturated carbocycles. The first-order valence-electron chi connectivity index (χ1n) is 7.52. The van der Waals surface area contributed by atoms with Gasteiger partial charge in [-0.2, -0.15) is 0 Å². The Hall–Kier alpha value is -1.06. The van der Waals surface area contributed by atoms with Gasteiger partial charge in [0.1, 0.15) is 0 Å². The highest BCUT2D eigenvalue weighted by molar-refractivity contribution is 5.85. The van der Waals surface area contributed by atoms with Crippen LogP contribution < -0.4 is 11.1 Å². The van der Waals surface area contributed by atoms with Crippen molar-refractivity contribution in [3.63, 3.8) is 0 Å². The maximum Gasteiger partial charge on any atom is 0.225 e. The lowest BCUT2D eigenvalue weighted by molar-refractivity contribution is -0.152. The van der Waals surface area contributed by atoms with Gasteiger partial charge in [0.15, 0.2) is 0 Å². The summed E-state index contributed by atoms with van der Waals surface area (Å²) in [6.07, 6.45) is 5.36. The molecule has 3 atom stereocenters. The van der Waals surface area contributed by atoms with Gasteiger partial charge in [0.2, 0.25) is 11.8 Å². The van der Waals surface area contributed by atoms with Crippen molar-refractivity contribution in [1.29, 1.82) is 0 Å². The number of rotatable bonds is 3. The lowest BCUT2D eigenvalue weighted by atomic mass is 9.47. The largest absolute Gasteiger partial charge is 0.369 e. The van der Waals surface area contributed by atoms with Crippen LogP contribution in [0.5, 0.6) is 0 Å². The van der Waals surface area contributed by atoms with Gasteiger partial charge in [-0.1, -0.05) is 13.8 Å². The summed E-state index contributed by atoms with van der Waals surface area (Å²) in [5, 5.41) is 3.14. The van der Waals surface area contributed by atoms with Crippen LogP contribution in [0.15, 0.2) is 0 Å². The molecule has 4 aliphatic rings. The van der Waals surface area contributed by atoms with Gasteiger partial charge < -0.3 is 11.1 Å². The van der Waals surface area contributed by atoms with E-state index in [2.05, 4.69) is 5.32 Å². The lowest BCUT2D eigenvalue weighted by Gasteiger charge is -2.59. The number of nitrogens with one attached hydrogen (secondary N) is 1. The first kappa shape index (κ1) is 12.9. The Morgan fingerprint density at radius 1 is 1.16 bits per heavy atom. The van der Waals surface area contributed by atoms with Gasteiger partial charge in [-0.3, -0.25) is 9.59 Å². The zero-order chi connectivity index (χ0) is 13.8. The smallest absolute Gasteiger partial charge is 0.225 e. The highest BCUT2D eigenvalue weighted by atomic mass is 16.2. The molecule has 106 valence electrons. The molecule has 4 nitrogen and oxygen atoms in total. The van der Waals surface area contributed by atoms with Gasteiger partial charge in [0, 0.05) is 12.0 Å². The molecule has 4 rings (SSSR count). The zero-order valence-corrected chi connectivity index (χ0v) is 11.8. The molecule has 0 aromatic rings. The Labute approximate surface area is 114 Å². The minimum Gasteiger partial charge on any atom is -0.369 e. The number of hydrogen-bond donors (Lipinski definition) is 2. The second kappa shape index (κ2) is 4.22. The van der Waals surface area contributed by atoms with E-state index in [1.165, 1.54) is 6.42 Å². The summed E-state index contributed by atoms with van der Waals surface area (Å²) in [6.45, 7) is 3.78. The summed E-state index contributed by atoms with van der Waals surface area (Å²) < 4.78 is 0. The van der Waals surface area contributed by atoms with E-state index in [0.717, 1.165) is 25.7 Å². The Morgan fingerprint density at radius 3 is 2.21 bits per heavy atom. The summed E-state index contributed by atoms with van der Waals surface area (Å²) in [6, 6.07) is -0.0206. The van der Waals surface area contributed by atoms with Crippen LogP contribution in [0.25, 0.3) is 0 Å². The Bertz CT molecular complexity index is 404. The van der Waals surface area contributed by atoms with E-state index in [4.69, 9.17) is 5.73 Å². The number of carbonyl (C=O) groups excluding carboxylic acids is 2. The number of primary amides is 1. The van der Waals surface area contributed by atoms with E-state index in [0.29, 0.717) is 17.8 Å². The highest BCUT2D eigenvalue weighted by Gasteiger charge is 2.60. The molecular formula is C15H24N2O2. The van der Waals surface area contributed by atoms with Crippen molar-refractivity contribution in [3.8, 4) is 0 Å². The van der Waals surface area contributed by atoms with E-state index >= 15 is 0 Å². The molecule has 0 heterocycles.